The van der Waals surface area contributed by atoms with Gasteiger partial charge in [0.25, 0.3) is 0 Å². The largest absolute Gasteiger partial charge is 0.480 e. The fourth-order valence-corrected chi connectivity index (χ4v) is 1.94. The van der Waals surface area contributed by atoms with E-state index in [9.17, 15) is 14.4 Å². The molecule has 0 aromatic heterocycles. The number of nitrogens with two attached hydrogens (primary N) is 1. The lowest BCUT2D eigenvalue weighted by molar-refractivity contribution is -0.138. The van der Waals surface area contributed by atoms with Gasteiger partial charge in [0.05, 0.1) is 13.1 Å². The van der Waals surface area contributed by atoms with Gasteiger partial charge in [-0.05, 0) is 6.42 Å². The molecule has 0 spiro atoms. The van der Waals surface area contributed by atoms with Gasteiger partial charge in [-0.15, -0.1) is 0 Å². The Balaban J connectivity index is 2.27. The molecular formula is C11H20N4O5. The summed E-state index contributed by atoms with van der Waals surface area (Å²) in [4.78, 5) is 36.2. The number of rotatable bonds is 5. The molecule has 4 N–H and O–H groups in total. The number of hydrogen-bond acceptors (Lipinski definition) is 5. The third-order valence-corrected chi connectivity index (χ3v) is 2.86. The Hall–Kier alpha value is -2.03. The number of nitrogens with zero attached hydrogens (tertiary/aromatic N) is 2. The zero-order valence-corrected chi connectivity index (χ0v) is 11.2. The predicted octanol–water partition coefficient (Wildman–Crippen LogP) is -1.12. The molecule has 0 atom stereocenters. The number of carbonyl (C=O) groups excluding carboxylic acids is 2. The first-order chi connectivity index (χ1) is 9.49. The van der Waals surface area contributed by atoms with Gasteiger partial charge < -0.3 is 25.8 Å². The predicted molar refractivity (Wildman–Crippen MR) is 69.2 cm³/mol. The third-order valence-electron chi connectivity index (χ3n) is 2.86. The minimum Gasteiger partial charge on any atom is -0.480 e. The molecule has 0 unspecified atom stereocenters. The average Bonchev–Trinajstić information content (AvgIpc) is 2.59. The molecule has 1 rings (SSSR count). The van der Waals surface area contributed by atoms with E-state index in [1.54, 1.807) is 9.80 Å². The van der Waals surface area contributed by atoms with Crippen molar-refractivity contribution in [3.8, 4) is 0 Å². The second kappa shape index (κ2) is 8.20. The summed E-state index contributed by atoms with van der Waals surface area (Å²) in [6.45, 7) is 2.42. The molecule has 0 radical (unpaired) electrons. The lowest BCUT2D eigenvalue weighted by atomic mass is 10.4. The summed E-state index contributed by atoms with van der Waals surface area (Å²) >= 11 is 0. The highest BCUT2D eigenvalue weighted by Crippen LogP contribution is 2.03. The molecule has 1 aliphatic rings. The van der Waals surface area contributed by atoms with E-state index in [-0.39, 0.29) is 25.7 Å². The van der Waals surface area contributed by atoms with Crippen LogP contribution in [0.3, 0.4) is 0 Å². The van der Waals surface area contributed by atoms with Crippen molar-refractivity contribution in [1.29, 1.82) is 0 Å². The summed E-state index contributed by atoms with van der Waals surface area (Å²) in [5.41, 5.74) is 4.79. The SMILES string of the molecule is NC(=O)OCCNC(=O)N1CCCN(CC(=O)O)CC1. The molecule has 1 aliphatic heterocycles. The monoisotopic (exact) mass is 288 g/mol. The van der Waals surface area contributed by atoms with Crippen LogP contribution in [0.1, 0.15) is 6.42 Å². The molecule has 1 heterocycles. The molecule has 0 saturated carbocycles. The number of primary amides is 1. The lowest BCUT2D eigenvalue weighted by Gasteiger charge is -2.21. The van der Waals surface area contributed by atoms with Crippen LogP contribution in [0.2, 0.25) is 0 Å². The zero-order valence-electron chi connectivity index (χ0n) is 11.2. The van der Waals surface area contributed by atoms with Crippen molar-refractivity contribution >= 4 is 18.1 Å². The Morgan fingerprint density at radius 1 is 1.20 bits per heavy atom. The number of amides is 3. The van der Waals surface area contributed by atoms with Gasteiger partial charge in [-0.3, -0.25) is 9.69 Å². The van der Waals surface area contributed by atoms with Crippen LogP contribution in [-0.2, 0) is 9.53 Å². The van der Waals surface area contributed by atoms with Crippen molar-refractivity contribution < 1.29 is 24.2 Å². The number of carboxylic acid groups (broad SMARTS) is 1. The number of urea groups is 1. The van der Waals surface area contributed by atoms with Gasteiger partial charge in [-0.2, -0.15) is 0 Å². The van der Waals surface area contributed by atoms with Gasteiger partial charge in [0.2, 0.25) is 0 Å². The molecule has 1 saturated heterocycles. The summed E-state index contributed by atoms with van der Waals surface area (Å²) in [7, 11) is 0. The second-order valence-corrected chi connectivity index (χ2v) is 4.41. The zero-order chi connectivity index (χ0) is 15.0. The van der Waals surface area contributed by atoms with Crippen molar-refractivity contribution in [2.45, 2.75) is 6.42 Å². The molecule has 3 amide bonds. The van der Waals surface area contributed by atoms with E-state index in [1.807, 2.05) is 0 Å². The molecule has 9 nitrogen and oxygen atoms in total. The van der Waals surface area contributed by atoms with Crippen LogP contribution < -0.4 is 11.1 Å². The Morgan fingerprint density at radius 2 is 1.95 bits per heavy atom. The van der Waals surface area contributed by atoms with Crippen molar-refractivity contribution in [2.24, 2.45) is 5.73 Å². The van der Waals surface area contributed by atoms with Crippen molar-refractivity contribution in [3.63, 3.8) is 0 Å². The fraction of sp³-hybridized carbons (Fsp3) is 0.727. The van der Waals surface area contributed by atoms with E-state index >= 15 is 0 Å². The van der Waals surface area contributed by atoms with Crippen LogP contribution >= 0.6 is 0 Å². The lowest BCUT2D eigenvalue weighted by Crippen LogP contribution is -2.43. The van der Waals surface area contributed by atoms with Crippen LogP contribution in [0.4, 0.5) is 9.59 Å². The van der Waals surface area contributed by atoms with Gasteiger partial charge in [-0.1, -0.05) is 0 Å². The molecule has 0 aromatic carbocycles. The van der Waals surface area contributed by atoms with Gasteiger partial charge in [0.15, 0.2) is 0 Å². The Labute approximate surface area is 116 Å². The highest BCUT2D eigenvalue weighted by atomic mass is 16.5. The molecular weight excluding hydrogens is 268 g/mol. The first-order valence-corrected chi connectivity index (χ1v) is 6.38. The summed E-state index contributed by atoms with van der Waals surface area (Å²) in [6.07, 6.45) is -0.156. The van der Waals surface area contributed by atoms with Crippen LogP contribution in [-0.4, -0.2) is 78.9 Å². The molecule has 0 aromatic rings. The number of hydrogen-bond donors (Lipinski definition) is 3. The Bertz CT molecular complexity index is 363. The molecule has 20 heavy (non-hydrogen) atoms. The van der Waals surface area contributed by atoms with Gasteiger partial charge in [0.1, 0.15) is 6.61 Å². The van der Waals surface area contributed by atoms with Gasteiger partial charge in [0, 0.05) is 26.2 Å². The van der Waals surface area contributed by atoms with Crippen LogP contribution in [0.5, 0.6) is 0 Å². The normalized spacial score (nSPS) is 16.3. The third kappa shape index (κ3) is 6.23. The average molecular weight is 288 g/mol. The molecule has 114 valence electrons. The molecule has 1 fully saturated rings. The molecule has 9 heteroatoms. The van der Waals surface area contributed by atoms with E-state index in [2.05, 4.69) is 10.1 Å². The van der Waals surface area contributed by atoms with Crippen molar-refractivity contribution in [1.82, 2.24) is 15.1 Å². The maximum Gasteiger partial charge on any atom is 0.404 e. The number of ether oxygens (including phenoxy) is 1. The van der Waals surface area contributed by atoms with Crippen molar-refractivity contribution in [2.75, 3.05) is 45.9 Å². The first-order valence-electron chi connectivity index (χ1n) is 6.38. The first kappa shape index (κ1) is 16.0. The highest BCUT2D eigenvalue weighted by Gasteiger charge is 2.19. The summed E-state index contributed by atoms with van der Waals surface area (Å²) in [5, 5.41) is 11.3. The second-order valence-electron chi connectivity index (χ2n) is 4.41. The minimum absolute atomic E-state index is 0.0120. The smallest absolute Gasteiger partial charge is 0.404 e. The van der Waals surface area contributed by atoms with E-state index in [0.717, 1.165) is 6.42 Å². The topological polar surface area (TPSA) is 125 Å². The highest BCUT2D eigenvalue weighted by molar-refractivity contribution is 5.74. The molecule has 0 aliphatic carbocycles. The number of nitrogens with one attached hydrogen (secondary N) is 1. The van der Waals surface area contributed by atoms with Crippen molar-refractivity contribution in [3.05, 3.63) is 0 Å². The Kier molecular flexibility index (Phi) is 6.57. The number of carbonyl (C=O) groups is 3. The van der Waals surface area contributed by atoms with Gasteiger partial charge >= 0.3 is 18.1 Å². The maximum absolute atomic E-state index is 11.8. The van der Waals surface area contributed by atoms with E-state index < -0.39 is 12.1 Å². The maximum atomic E-state index is 11.8. The summed E-state index contributed by atoms with van der Waals surface area (Å²) < 4.78 is 4.50. The number of carboxylic acids is 1. The van der Waals surface area contributed by atoms with E-state index in [1.165, 1.54) is 0 Å². The Morgan fingerprint density at radius 3 is 2.60 bits per heavy atom. The summed E-state index contributed by atoms with van der Waals surface area (Å²) in [6, 6.07) is -0.254. The summed E-state index contributed by atoms with van der Waals surface area (Å²) in [5.74, 6) is -0.869. The number of aliphatic carboxylic acids is 1. The van der Waals surface area contributed by atoms with E-state index in [4.69, 9.17) is 10.8 Å². The van der Waals surface area contributed by atoms with Crippen LogP contribution in [0, 0.1) is 0 Å². The quantitative estimate of drug-likeness (QED) is 0.550. The standard InChI is InChI=1S/C11H20N4O5/c12-10(18)20-7-2-13-11(19)15-4-1-3-14(5-6-15)8-9(16)17/h1-8H2,(H2,12,18)(H,13,19)(H,16,17). The van der Waals surface area contributed by atoms with Crippen LogP contribution in [0.15, 0.2) is 0 Å². The van der Waals surface area contributed by atoms with Crippen LogP contribution in [0.25, 0.3) is 0 Å². The fourth-order valence-electron chi connectivity index (χ4n) is 1.94. The minimum atomic E-state index is -0.877. The van der Waals surface area contributed by atoms with Gasteiger partial charge in [-0.25, -0.2) is 9.59 Å². The molecule has 0 bridgehead atoms. The van der Waals surface area contributed by atoms with E-state index in [0.29, 0.717) is 26.2 Å².